The van der Waals surface area contributed by atoms with E-state index in [4.69, 9.17) is 9.47 Å². The summed E-state index contributed by atoms with van der Waals surface area (Å²) in [7, 11) is 2.47. The molecule has 3 aliphatic rings. The number of ether oxygens (including phenoxy) is 2. The van der Waals surface area contributed by atoms with E-state index in [1.54, 1.807) is 17.1 Å². The van der Waals surface area contributed by atoms with Crippen molar-refractivity contribution in [2.75, 3.05) is 14.2 Å². The average Bonchev–Trinajstić information content (AvgIpc) is 3.03. The third-order valence-electron chi connectivity index (χ3n) is 4.14. The maximum atomic E-state index is 12.3. The SMILES string of the molecule is COC(=O)C1=C(C(=O)OC)[C@@]2(C#N)C=CC3=CC(C)=C[C@@H]1N32. The molecule has 3 heterocycles. The Kier molecular flexibility index (Phi) is 2.96. The molecule has 0 fully saturated rings. The van der Waals surface area contributed by atoms with E-state index in [1.807, 2.05) is 19.1 Å². The molecule has 0 bridgehead atoms. The molecule has 0 N–H and O–H groups in total. The Balaban J connectivity index is 2.33. The van der Waals surface area contributed by atoms with Gasteiger partial charge in [-0.15, -0.1) is 0 Å². The first-order valence-electron chi connectivity index (χ1n) is 6.71. The van der Waals surface area contributed by atoms with Crippen molar-refractivity contribution in [3.8, 4) is 6.07 Å². The number of hydrogen-bond acceptors (Lipinski definition) is 6. The van der Waals surface area contributed by atoms with Crippen molar-refractivity contribution < 1.29 is 19.1 Å². The van der Waals surface area contributed by atoms with Crippen LogP contribution in [0.5, 0.6) is 0 Å². The summed E-state index contributed by atoms with van der Waals surface area (Å²) in [6.45, 7) is 1.90. The molecule has 0 unspecified atom stereocenters. The summed E-state index contributed by atoms with van der Waals surface area (Å²) in [4.78, 5) is 26.3. The molecule has 0 aliphatic carbocycles. The van der Waals surface area contributed by atoms with Crippen LogP contribution in [-0.2, 0) is 19.1 Å². The van der Waals surface area contributed by atoms with Gasteiger partial charge >= 0.3 is 11.9 Å². The fraction of sp³-hybridized carbons (Fsp3) is 0.312. The van der Waals surface area contributed by atoms with Gasteiger partial charge in [0.15, 0.2) is 5.54 Å². The highest BCUT2D eigenvalue weighted by molar-refractivity contribution is 6.06. The minimum atomic E-state index is -1.33. The summed E-state index contributed by atoms with van der Waals surface area (Å²) in [5.41, 5.74) is 0.587. The Labute approximate surface area is 127 Å². The summed E-state index contributed by atoms with van der Waals surface area (Å²) in [6, 6.07) is 1.64. The number of nitrogens with zero attached hydrogens (tertiary/aromatic N) is 2. The molecular formula is C16H14N2O4. The number of rotatable bonds is 2. The average molecular weight is 298 g/mol. The van der Waals surface area contributed by atoms with Gasteiger partial charge in [-0.2, -0.15) is 5.26 Å². The first-order valence-corrected chi connectivity index (χ1v) is 6.71. The third kappa shape index (κ3) is 1.53. The Bertz CT molecular complexity index is 751. The van der Waals surface area contributed by atoms with Crippen molar-refractivity contribution in [2.45, 2.75) is 18.5 Å². The van der Waals surface area contributed by atoms with E-state index in [-0.39, 0.29) is 11.1 Å². The molecule has 0 spiro atoms. The number of methoxy groups -OCH3 is 2. The second kappa shape index (κ2) is 4.60. The van der Waals surface area contributed by atoms with Crippen LogP contribution < -0.4 is 0 Å². The monoisotopic (exact) mass is 298 g/mol. The van der Waals surface area contributed by atoms with Crippen LogP contribution in [0.15, 0.2) is 46.7 Å². The first kappa shape index (κ1) is 14.1. The molecule has 0 radical (unpaired) electrons. The molecule has 0 saturated carbocycles. The van der Waals surface area contributed by atoms with Crippen LogP contribution >= 0.6 is 0 Å². The zero-order valence-corrected chi connectivity index (χ0v) is 12.4. The number of esters is 2. The zero-order valence-electron chi connectivity index (χ0n) is 12.4. The molecule has 6 nitrogen and oxygen atoms in total. The van der Waals surface area contributed by atoms with Gasteiger partial charge in [0, 0.05) is 5.70 Å². The van der Waals surface area contributed by atoms with Crippen LogP contribution in [0, 0.1) is 11.3 Å². The second-order valence-corrected chi connectivity index (χ2v) is 5.28. The lowest BCUT2D eigenvalue weighted by Crippen LogP contribution is -2.45. The van der Waals surface area contributed by atoms with Gasteiger partial charge in [0.05, 0.1) is 31.4 Å². The summed E-state index contributed by atoms with van der Waals surface area (Å²) in [5.74, 6) is -1.33. The van der Waals surface area contributed by atoms with Gasteiger partial charge in [-0.05, 0) is 25.2 Å². The van der Waals surface area contributed by atoms with Crippen LogP contribution in [0.25, 0.3) is 0 Å². The summed E-state index contributed by atoms with van der Waals surface area (Å²) in [5, 5.41) is 9.75. The van der Waals surface area contributed by atoms with E-state index in [0.717, 1.165) is 11.3 Å². The predicted molar refractivity (Wildman–Crippen MR) is 76.0 cm³/mol. The minimum absolute atomic E-state index is 0.0277. The van der Waals surface area contributed by atoms with Crippen molar-refractivity contribution >= 4 is 11.9 Å². The van der Waals surface area contributed by atoms with E-state index < -0.39 is 23.5 Å². The number of hydrogen-bond donors (Lipinski definition) is 0. The lowest BCUT2D eigenvalue weighted by Gasteiger charge is -2.35. The van der Waals surface area contributed by atoms with Crippen LogP contribution in [0.1, 0.15) is 6.92 Å². The normalized spacial score (nSPS) is 27.9. The highest BCUT2D eigenvalue weighted by atomic mass is 16.5. The van der Waals surface area contributed by atoms with E-state index in [0.29, 0.717) is 0 Å². The number of carbonyl (C=O) groups is 2. The highest BCUT2D eigenvalue weighted by Crippen LogP contribution is 2.49. The molecule has 0 amide bonds. The fourth-order valence-electron chi connectivity index (χ4n) is 3.29. The number of allylic oxidation sites excluding steroid dienone is 3. The second-order valence-electron chi connectivity index (χ2n) is 5.28. The predicted octanol–water partition coefficient (Wildman–Crippen LogP) is 0.989. The van der Waals surface area contributed by atoms with Gasteiger partial charge in [-0.1, -0.05) is 11.6 Å². The van der Waals surface area contributed by atoms with Gasteiger partial charge in [-0.3, -0.25) is 0 Å². The molecule has 0 saturated heterocycles. The molecule has 0 aromatic heterocycles. The minimum Gasteiger partial charge on any atom is -0.466 e. The quantitative estimate of drug-likeness (QED) is 0.707. The van der Waals surface area contributed by atoms with E-state index >= 15 is 0 Å². The van der Waals surface area contributed by atoms with Gasteiger partial charge in [0.25, 0.3) is 0 Å². The summed E-state index contributed by atoms with van der Waals surface area (Å²) in [6.07, 6.45) is 7.15. The lowest BCUT2D eigenvalue weighted by molar-refractivity contribution is -0.139. The first-order chi connectivity index (χ1) is 10.5. The number of nitriles is 1. The smallest absolute Gasteiger partial charge is 0.338 e. The zero-order chi connectivity index (χ0) is 16.1. The topological polar surface area (TPSA) is 79.6 Å². The fourth-order valence-corrected chi connectivity index (χ4v) is 3.29. The molecule has 3 aliphatic heterocycles. The molecule has 2 atom stereocenters. The Hall–Kier alpha value is -2.81. The summed E-state index contributed by atoms with van der Waals surface area (Å²) < 4.78 is 9.64. The molecule has 0 aromatic rings. The van der Waals surface area contributed by atoms with Crippen molar-refractivity contribution in [2.24, 2.45) is 0 Å². The molecule has 3 rings (SSSR count). The third-order valence-corrected chi connectivity index (χ3v) is 4.14. The Morgan fingerprint density at radius 3 is 2.59 bits per heavy atom. The molecule has 0 aromatic carbocycles. The molecule has 112 valence electrons. The maximum absolute atomic E-state index is 12.3. The molecular weight excluding hydrogens is 284 g/mol. The van der Waals surface area contributed by atoms with Gasteiger partial charge in [-0.25, -0.2) is 9.59 Å². The van der Waals surface area contributed by atoms with Crippen molar-refractivity contribution in [3.63, 3.8) is 0 Å². The van der Waals surface area contributed by atoms with Crippen LogP contribution in [0.3, 0.4) is 0 Å². The van der Waals surface area contributed by atoms with Gasteiger partial charge < -0.3 is 14.4 Å². The van der Waals surface area contributed by atoms with E-state index in [2.05, 4.69) is 6.07 Å². The Morgan fingerprint density at radius 2 is 2.00 bits per heavy atom. The van der Waals surface area contributed by atoms with E-state index in [1.165, 1.54) is 14.2 Å². The van der Waals surface area contributed by atoms with Crippen LogP contribution in [0.2, 0.25) is 0 Å². The highest BCUT2D eigenvalue weighted by Gasteiger charge is 2.59. The largest absolute Gasteiger partial charge is 0.466 e. The standard InChI is InChI=1S/C16H14N2O4/c1-9-6-10-4-5-16(8-17)13(15(20)22-3)12(14(19)21-2)11(7-9)18(10)16/h4-7,11H,1-3H3/t11-,16-/m0/s1. The molecule has 6 heteroatoms. The van der Waals surface area contributed by atoms with Gasteiger partial charge in [0.2, 0.25) is 0 Å². The van der Waals surface area contributed by atoms with Crippen LogP contribution in [-0.4, -0.2) is 42.6 Å². The van der Waals surface area contributed by atoms with Crippen molar-refractivity contribution in [1.29, 1.82) is 5.26 Å². The molecule has 22 heavy (non-hydrogen) atoms. The maximum Gasteiger partial charge on any atom is 0.338 e. The number of carbonyl (C=O) groups excluding carboxylic acids is 2. The Morgan fingerprint density at radius 1 is 1.32 bits per heavy atom. The van der Waals surface area contributed by atoms with Gasteiger partial charge in [0.1, 0.15) is 6.07 Å². The van der Waals surface area contributed by atoms with E-state index in [9.17, 15) is 14.9 Å². The van der Waals surface area contributed by atoms with Crippen LogP contribution in [0.4, 0.5) is 0 Å². The lowest BCUT2D eigenvalue weighted by atomic mass is 9.91. The van der Waals surface area contributed by atoms with Crippen molar-refractivity contribution in [1.82, 2.24) is 4.90 Å². The van der Waals surface area contributed by atoms with Crippen molar-refractivity contribution in [3.05, 3.63) is 46.7 Å². The summed E-state index contributed by atoms with van der Waals surface area (Å²) >= 11 is 0.